The van der Waals surface area contributed by atoms with E-state index < -0.39 is 22.0 Å². The number of sulfonamides is 1. The van der Waals surface area contributed by atoms with E-state index in [9.17, 15) is 23.1 Å². The number of carbonyl (C=O) groups excluding carboxylic acids is 1. The van der Waals surface area contributed by atoms with Crippen LogP contribution in [-0.2, 0) is 26.0 Å². The van der Waals surface area contributed by atoms with Crippen LogP contribution in [0, 0.1) is 5.92 Å². The van der Waals surface area contributed by atoms with Gasteiger partial charge in [0.05, 0.1) is 5.69 Å². The molecule has 41 heavy (non-hydrogen) atoms. The van der Waals surface area contributed by atoms with Crippen molar-refractivity contribution in [1.82, 2.24) is 9.62 Å². The van der Waals surface area contributed by atoms with Crippen LogP contribution in [0.5, 0.6) is 0 Å². The number of aliphatic carboxylic acids is 1. The lowest BCUT2D eigenvalue weighted by Crippen LogP contribution is -2.46. The van der Waals surface area contributed by atoms with Crippen LogP contribution in [0.3, 0.4) is 0 Å². The van der Waals surface area contributed by atoms with Crippen LogP contribution >= 0.6 is 11.6 Å². The number of aryl methyl sites for hydroxylation is 1. The molecule has 1 fully saturated rings. The first-order valence-corrected chi connectivity index (χ1v) is 16.6. The molecule has 0 aromatic heterocycles. The summed E-state index contributed by atoms with van der Waals surface area (Å²) in [7, 11) is -2.20. The Hall–Kier alpha value is -2.62. The highest BCUT2D eigenvalue weighted by Gasteiger charge is 2.41. The first kappa shape index (κ1) is 31.3. The summed E-state index contributed by atoms with van der Waals surface area (Å²) in [6.07, 6.45) is 8.52. The number of para-hydroxylation sites is 1. The smallest absolute Gasteiger partial charge is 0.326 e. The normalized spacial score (nSPS) is 20.2. The number of nitrogens with zero attached hydrogens (tertiary/aromatic N) is 2. The quantitative estimate of drug-likeness (QED) is 0.299. The molecule has 1 saturated carbocycles. The lowest BCUT2D eigenvalue weighted by atomic mass is 9.83. The first-order chi connectivity index (χ1) is 19.6. The molecule has 2 aromatic carbocycles. The minimum Gasteiger partial charge on any atom is -0.480 e. The summed E-state index contributed by atoms with van der Waals surface area (Å²) in [5.74, 6) is -1.16. The zero-order valence-corrected chi connectivity index (χ0v) is 25.6. The van der Waals surface area contributed by atoms with Crippen LogP contribution < -0.4 is 10.2 Å². The Balaban J connectivity index is 1.66. The number of unbranched alkanes of at least 4 members (excludes halogenated alkanes) is 2. The van der Waals surface area contributed by atoms with Crippen molar-refractivity contribution in [2.45, 2.75) is 94.5 Å². The Morgan fingerprint density at radius 2 is 1.80 bits per heavy atom. The molecule has 1 amide bonds. The van der Waals surface area contributed by atoms with Gasteiger partial charge in [-0.1, -0.05) is 68.8 Å². The monoisotopic (exact) mass is 603 g/mol. The average Bonchev–Trinajstić information content (AvgIpc) is 3.04. The Morgan fingerprint density at radius 1 is 1.10 bits per heavy atom. The summed E-state index contributed by atoms with van der Waals surface area (Å²) in [6.45, 7) is 2.55. The van der Waals surface area contributed by atoms with Gasteiger partial charge in [0.2, 0.25) is 15.9 Å². The van der Waals surface area contributed by atoms with Crippen LogP contribution in [0.25, 0.3) is 0 Å². The van der Waals surface area contributed by atoms with Crippen molar-refractivity contribution in [3.63, 3.8) is 0 Å². The van der Waals surface area contributed by atoms with Crippen LogP contribution in [-0.4, -0.2) is 55.4 Å². The molecule has 2 aliphatic rings. The van der Waals surface area contributed by atoms with E-state index in [0.717, 1.165) is 44.2 Å². The molecule has 2 atom stereocenters. The van der Waals surface area contributed by atoms with E-state index in [1.807, 2.05) is 37.3 Å². The second-order valence-electron chi connectivity index (χ2n) is 11.3. The van der Waals surface area contributed by atoms with E-state index in [1.165, 1.54) is 6.42 Å². The van der Waals surface area contributed by atoms with Crippen molar-refractivity contribution in [2.24, 2.45) is 5.92 Å². The van der Waals surface area contributed by atoms with Gasteiger partial charge in [-0.05, 0) is 67.9 Å². The molecule has 2 aromatic rings. The van der Waals surface area contributed by atoms with Crippen molar-refractivity contribution < 1.29 is 23.1 Å². The van der Waals surface area contributed by atoms with Crippen LogP contribution in [0.2, 0.25) is 5.02 Å². The maximum Gasteiger partial charge on any atom is 0.326 e. The number of nitrogens with one attached hydrogen (secondary N) is 1. The third-order valence-corrected chi connectivity index (χ3v) is 10.8. The maximum atomic E-state index is 14.1. The molecule has 224 valence electrons. The zero-order valence-electron chi connectivity index (χ0n) is 24.0. The van der Waals surface area contributed by atoms with Gasteiger partial charge in [0.25, 0.3) is 0 Å². The second kappa shape index (κ2) is 14.0. The van der Waals surface area contributed by atoms with Crippen LogP contribution in [0.15, 0.2) is 47.4 Å². The number of amides is 1. The number of halogens is 1. The van der Waals surface area contributed by atoms with Gasteiger partial charge in [0, 0.05) is 36.8 Å². The lowest BCUT2D eigenvalue weighted by molar-refractivity contribution is -0.142. The summed E-state index contributed by atoms with van der Waals surface area (Å²) in [5, 5.41) is 12.7. The van der Waals surface area contributed by atoms with E-state index in [1.54, 1.807) is 23.5 Å². The SMILES string of the molecule is CCCCCC(=O)N[C@@H](CCc1cc2c(cc1Cl)N(c1ccccc1)C[C@@H](C1CCCCC1)N(C)S2(=O)=O)C(=O)O. The van der Waals surface area contributed by atoms with Crippen molar-refractivity contribution in [1.29, 1.82) is 0 Å². The molecule has 1 aliphatic carbocycles. The number of anilines is 2. The summed E-state index contributed by atoms with van der Waals surface area (Å²) in [4.78, 5) is 26.4. The Morgan fingerprint density at radius 3 is 2.46 bits per heavy atom. The van der Waals surface area contributed by atoms with Gasteiger partial charge < -0.3 is 15.3 Å². The summed E-state index contributed by atoms with van der Waals surface area (Å²) >= 11 is 6.77. The molecular formula is C31H42ClN3O5S. The topological polar surface area (TPSA) is 107 Å². The van der Waals surface area contributed by atoms with Crippen LogP contribution in [0.1, 0.15) is 76.7 Å². The molecule has 10 heteroatoms. The van der Waals surface area contributed by atoms with Gasteiger partial charge >= 0.3 is 5.97 Å². The molecule has 8 nitrogen and oxygen atoms in total. The van der Waals surface area contributed by atoms with E-state index in [2.05, 4.69) is 10.2 Å². The number of hydrogen-bond donors (Lipinski definition) is 2. The molecule has 1 aliphatic heterocycles. The summed E-state index contributed by atoms with van der Waals surface area (Å²) < 4.78 is 29.8. The predicted molar refractivity (Wildman–Crippen MR) is 162 cm³/mol. The molecule has 4 rings (SSSR count). The number of fused-ring (bicyclic) bond motifs is 1. The van der Waals surface area contributed by atoms with Crippen LogP contribution in [0.4, 0.5) is 11.4 Å². The highest BCUT2D eigenvalue weighted by molar-refractivity contribution is 7.89. The fourth-order valence-electron chi connectivity index (χ4n) is 6.10. The predicted octanol–water partition coefficient (Wildman–Crippen LogP) is 6.14. The molecular weight excluding hydrogens is 562 g/mol. The number of carbonyl (C=O) groups is 2. The Labute approximate surface area is 249 Å². The summed E-state index contributed by atoms with van der Waals surface area (Å²) in [5.41, 5.74) is 1.95. The van der Waals surface area contributed by atoms with Gasteiger partial charge in [-0.3, -0.25) is 4.79 Å². The highest BCUT2D eigenvalue weighted by Crippen LogP contribution is 2.42. The Bertz CT molecular complexity index is 1310. The molecule has 0 bridgehead atoms. The van der Waals surface area contributed by atoms with Gasteiger partial charge in [-0.15, -0.1) is 0 Å². The van der Waals surface area contributed by atoms with Crippen molar-refractivity contribution >= 4 is 44.9 Å². The molecule has 2 N–H and O–H groups in total. The largest absolute Gasteiger partial charge is 0.480 e. The third kappa shape index (κ3) is 7.43. The summed E-state index contributed by atoms with van der Waals surface area (Å²) in [6, 6.07) is 11.8. The number of rotatable bonds is 11. The van der Waals surface area contributed by atoms with Gasteiger partial charge in [0.15, 0.2) is 0 Å². The van der Waals surface area contributed by atoms with E-state index in [4.69, 9.17) is 11.6 Å². The van der Waals surface area contributed by atoms with Gasteiger partial charge in [0.1, 0.15) is 10.9 Å². The number of carboxylic acid groups (broad SMARTS) is 1. The van der Waals surface area contributed by atoms with Gasteiger partial charge in [-0.25, -0.2) is 13.2 Å². The van der Waals surface area contributed by atoms with E-state index >= 15 is 0 Å². The number of benzene rings is 2. The molecule has 1 heterocycles. The third-order valence-electron chi connectivity index (χ3n) is 8.52. The Kier molecular flexibility index (Phi) is 10.7. The highest BCUT2D eigenvalue weighted by atomic mass is 35.5. The average molecular weight is 604 g/mol. The number of carboxylic acids is 1. The fourth-order valence-corrected chi connectivity index (χ4v) is 7.99. The zero-order chi connectivity index (χ0) is 29.6. The van der Waals surface area contributed by atoms with Gasteiger partial charge in [-0.2, -0.15) is 4.31 Å². The minimum absolute atomic E-state index is 0.0936. The number of hydrogen-bond acceptors (Lipinski definition) is 5. The second-order valence-corrected chi connectivity index (χ2v) is 13.7. The molecule has 0 unspecified atom stereocenters. The lowest BCUT2D eigenvalue weighted by Gasteiger charge is -2.36. The molecule has 0 radical (unpaired) electrons. The first-order valence-electron chi connectivity index (χ1n) is 14.8. The van der Waals surface area contributed by atoms with Crippen molar-refractivity contribution in [3.8, 4) is 0 Å². The molecule has 0 saturated heterocycles. The molecule has 0 spiro atoms. The maximum absolute atomic E-state index is 14.1. The van der Waals surface area contributed by atoms with E-state index in [0.29, 0.717) is 29.2 Å². The standard InChI is InChI=1S/C31H42ClN3O5S/c1-3-4-7-16-30(36)33-26(31(37)38)18-17-23-19-29-27(20-25(23)32)35(24-14-10-6-11-15-24)21-28(34(2)41(29,39)40)22-12-8-5-9-13-22/h6,10-11,14-15,19-20,22,26,28H,3-5,7-9,12-13,16-18,21H2,1-2H3,(H,33,36)(H,37,38)/t26-,28-/m0/s1. The van der Waals surface area contributed by atoms with Crippen molar-refractivity contribution in [3.05, 3.63) is 53.1 Å². The van der Waals surface area contributed by atoms with E-state index in [-0.39, 0.29) is 42.0 Å². The van der Waals surface area contributed by atoms with Crippen molar-refractivity contribution in [2.75, 3.05) is 18.5 Å². The fraction of sp³-hybridized carbons (Fsp3) is 0.548. The number of likely N-dealkylation sites (N-methyl/N-ethyl adjacent to an activating group) is 1. The minimum atomic E-state index is -3.88.